The Morgan fingerprint density at radius 2 is 2.00 bits per heavy atom. The van der Waals surface area contributed by atoms with Crippen molar-refractivity contribution in [3.63, 3.8) is 0 Å². The van der Waals surface area contributed by atoms with Crippen LogP contribution in [0.1, 0.15) is 13.8 Å². The molecule has 6 heteroatoms. The highest BCUT2D eigenvalue weighted by atomic mass is 19.3. The van der Waals surface area contributed by atoms with E-state index in [9.17, 15) is 22.4 Å². The van der Waals surface area contributed by atoms with E-state index < -0.39 is 18.3 Å². The highest BCUT2D eigenvalue weighted by molar-refractivity contribution is 5.88. The van der Waals surface area contributed by atoms with E-state index in [4.69, 9.17) is 0 Å². The first-order chi connectivity index (χ1) is 7.31. The van der Waals surface area contributed by atoms with E-state index in [1.807, 2.05) is 0 Å². The van der Waals surface area contributed by atoms with E-state index in [2.05, 4.69) is 4.74 Å². The summed E-state index contributed by atoms with van der Waals surface area (Å²) in [5.41, 5.74) is 0.0585. The van der Waals surface area contributed by atoms with Gasteiger partial charge in [-0.25, -0.2) is 13.6 Å². The van der Waals surface area contributed by atoms with Crippen LogP contribution in [0.2, 0.25) is 0 Å². The van der Waals surface area contributed by atoms with Crippen molar-refractivity contribution in [1.82, 2.24) is 0 Å². The number of alkyl halides is 4. The van der Waals surface area contributed by atoms with Crippen molar-refractivity contribution in [3.05, 3.63) is 23.8 Å². The van der Waals surface area contributed by atoms with Crippen LogP contribution in [0.4, 0.5) is 17.6 Å². The monoisotopic (exact) mass is 240 g/mol. The van der Waals surface area contributed by atoms with Gasteiger partial charge in [-0.3, -0.25) is 0 Å². The van der Waals surface area contributed by atoms with Crippen LogP contribution >= 0.6 is 0 Å². The van der Waals surface area contributed by atoms with Crippen molar-refractivity contribution in [1.29, 1.82) is 0 Å². The van der Waals surface area contributed by atoms with Gasteiger partial charge in [0.05, 0.1) is 6.61 Å². The number of rotatable bonds is 5. The quantitative estimate of drug-likeness (QED) is 0.319. The summed E-state index contributed by atoms with van der Waals surface area (Å²) < 4.78 is 52.7. The molecule has 0 heterocycles. The Kier molecular flexibility index (Phi) is 5.77. The van der Waals surface area contributed by atoms with Crippen LogP contribution < -0.4 is 0 Å². The molecule has 0 saturated heterocycles. The molecule has 16 heavy (non-hydrogen) atoms. The van der Waals surface area contributed by atoms with Gasteiger partial charge in [-0.1, -0.05) is 12.2 Å². The Bertz CT molecular complexity index is 295. The van der Waals surface area contributed by atoms with Crippen molar-refractivity contribution >= 4 is 5.97 Å². The smallest absolute Gasteiger partial charge is 0.333 e. The molecule has 0 N–H and O–H groups in total. The van der Waals surface area contributed by atoms with Crippen molar-refractivity contribution in [3.8, 4) is 0 Å². The van der Waals surface area contributed by atoms with Crippen LogP contribution in [-0.4, -0.2) is 24.9 Å². The van der Waals surface area contributed by atoms with E-state index in [1.54, 1.807) is 6.92 Å². The molecule has 0 unspecified atom stereocenters. The Morgan fingerprint density at radius 1 is 1.44 bits per heavy atom. The molecule has 0 fully saturated rings. The Labute approximate surface area is 90.6 Å². The van der Waals surface area contributed by atoms with Gasteiger partial charge in [0.2, 0.25) is 0 Å². The Balaban J connectivity index is 4.47. The van der Waals surface area contributed by atoms with Gasteiger partial charge in [-0.2, -0.15) is 8.78 Å². The van der Waals surface area contributed by atoms with Crippen molar-refractivity contribution < 1.29 is 27.1 Å². The van der Waals surface area contributed by atoms with Gasteiger partial charge >= 0.3 is 18.3 Å². The van der Waals surface area contributed by atoms with E-state index in [0.29, 0.717) is 6.08 Å². The largest absolute Gasteiger partial charge is 0.463 e. The molecule has 0 aromatic heterocycles. The van der Waals surface area contributed by atoms with Crippen LogP contribution in [0.3, 0.4) is 0 Å². The van der Waals surface area contributed by atoms with Crippen LogP contribution in [0, 0.1) is 0 Å². The van der Waals surface area contributed by atoms with Crippen LogP contribution in [0.5, 0.6) is 0 Å². The van der Waals surface area contributed by atoms with E-state index >= 15 is 0 Å². The molecule has 0 spiro atoms. The molecule has 0 bridgehead atoms. The third-order valence-corrected chi connectivity index (χ3v) is 1.55. The summed E-state index contributed by atoms with van der Waals surface area (Å²) in [5, 5.41) is 0. The lowest BCUT2D eigenvalue weighted by Crippen LogP contribution is -2.22. The van der Waals surface area contributed by atoms with Gasteiger partial charge < -0.3 is 4.74 Å². The molecule has 0 amide bonds. The molecule has 0 atom stereocenters. The molecule has 0 radical (unpaired) electrons. The van der Waals surface area contributed by atoms with Crippen LogP contribution in [0.25, 0.3) is 0 Å². The van der Waals surface area contributed by atoms with Crippen LogP contribution in [-0.2, 0) is 9.53 Å². The lowest BCUT2D eigenvalue weighted by molar-refractivity contribution is -0.138. The Morgan fingerprint density at radius 3 is 2.44 bits per heavy atom. The molecule has 0 aromatic carbocycles. The molecule has 0 aliphatic carbocycles. The zero-order valence-electron chi connectivity index (χ0n) is 8.84. The highest BCUT2D eigenvalue weighted by Gasteiger charge is 2.37. The molecule has 0 aliphatic rings. The maximum Gasteiger partial charge on any atom is 0.333 e. The second-order valence-electron chi connectivity index (χ2n) is 2.90. The van der Waals surface area contributed by atoms with E-state index in [-0.39, 0.29) is 18.3 Å². The van der Waals surface area contributed by atoms with Gasteiger partial charge in [-0.15, -0.1) is 0 Å². The van der Waals surface area contributed by atoms with E-state index in [0.717, 1.165) is 6.08 Å². The molecule has 0 rings (SSSR count). The average Bonchev–Trinajstić information content (AvgIpc) is 2.17. The first kappa shape index (κ1) is 14.7. The molecule has 0 saturated carbocycles. The first-order valence-corrected chi connectivity index (χ1v) is 4.50. The molecule has 0 aromatic rings. The number of hydrogen-bond acceptors (Lipinski definition) is 2. The second kappa shape index (κ2) is 6.30. The summed E-state index contributed by atoms with van der Waals surface area (Å²) in [6, 6.07) is 0. The minimum Gasteiger partial charge on any atom is -0.463 e. The highest BCUT2D eigenvalue weighted by Crippen LogP contribution is 2.24. The normalized spacial score (nSPS) is 13.6. The summed E-state index contributed by atoms with van der Waals surface area (Å²) in [5.74, 6) is -4.86. The number of carbonyl (C=O) groups is 1. The van der Waals surface area contributed by atoms with Gasteiger partial charge in [0.1, 0.15) is 0 Å². The minimum atomic E-state index is -4.19. The van der Waals surface area contributed by atoms with Gasteiger partial charge in [0.15, 0.2) is 0 Å². The zero-order valence-corrected chi connectivity index (χ0v) is 8.84. The number of carbonyl (C=O) groups excluding carboxylic acids is 1. The maximum absolute atomic E-state index is 12.4. The lowest BCUT2D eigenvalue weighted by atomic mass is 10.2. The fourth-order valence-electron chi connectivity index (χ4n) is 0.706. The standard InChI is InChI=1S/C10H12F4O2/c1-3-16-8(15)7(2)5-4-6-10(13,14)9(11)12/h4-6,9H,3H2,1-2H3. The molecule has 92 valence electrons. The zero-order chi connectivity index (χ0) is 12.8. The number of allylic oxidation sites excluding steroid dienone is 3. The fraction of sp³-hybridized carbons (Fsp3) is 0.500. The number of halogens is 4. The maximum atomic E-state index is 12.4. The summed E-state index contributed by atoms with van der Waals surface area (Å²) >= 11 is 0. The summed E-state index contributed by atoms with van der Waals surface area (Å²) in [6.07, 6.45) is -2.02. The van der Waals surface area contributed by atoms with Crippen molar-refractivity contribution in [2.24, 2.45) is 0 Å². The fourth-order valence-corrected chi connectivity index (χ4v) is 0.706. The van der Waals surface area contributed by atoms with Gasteiger partial charge in [0, 0.05) is 5.57 Å². The molecular formula is C10H12F4O2. The van der Waals surface area contributed by atoms with Crippen molar-refractivity contribution in [2.45, 2.75) is 26.2 Å². The third kappa shape index (κ3) is 4.95. The third-order valence-electron chi connectivity index (χ3n) is 1.55. The molecule has 0 aliphatic heterocycles. The number of ether oxygens (including phenoxy) is 1. The lowest BCUT2D eigenvalue weighted by Gasteiger charge is -2.08. The number of hydrogen-bond donors (Lipinski definition) is 0. The number of esters is 1. The Hall–Kier alpha value is -1.33. The van der Waals surface area contributed by atoms with Gasteiger partial charge in [-0.05, 0) is 19.9 Å². The molecular weight excluding hydrogens is 228 g/mol. The summed E-state index contributed by atoms with van der Waals surface area (Å²) in [4.78, 5) is 11.0. The second-order valence-corrected chi connectivity index (χ2v) is 2.90. The van der Waals surface area contributed by atoms with Gasteiger partial charge in [0.25, 0.3) is 0 Å². The predicted molar refractivity (Wildman–Crippen MR) is 50.5 cm³/mol. The average molecular weight is 240 g/mol. The predicted octanol–water partition coefficient (Wildman–Crippen LogP) is 2.95. The SMILES string of the molecule is CCOC(=O)C(C)=CC=CC(F)(F)C(F)F. The topological polar surface area (TPSA) is 26.3 Å². The van der Waals surface area contributed by atoms with Crippen LogP contribution in [0.15, 0.2) is 23.8 Å². The minimum absolute atomic E-state index is 0.0421. The summed E-state index contributed by atoms with van der Waals surface area (Å²) in [6.45, 7) is 3.08. The summed E-state index contributed by atoms with van der Waals surface area (Å²) in [7, 11) is 0. The van der Waals surface area contributed by atoms with Crippen molar-refractivity contribution in [2.75, 3.05) is 6.61 Å². The molecule has 2 nitrogen and oxygen atoms in total. The first-order valence-electron chi connectivity index (χ1n) is 4.50. The van der Waals surface area contributed by atoms with E-state index in [1.165, 1.54) is 6.92 Å².